The SMILES string of the molecule is CCCCOC(=O)c1cccc(C(=O)OC[C@@H](CC)CCCC)c1. The molecule has 0 aliphatic carbocycles. The monoisotopic (exact) mass is 334 g/mol. The minimum atomic E-state index is -0.396. The van der Waals surface area contributed by atoms with Gasteiger partial charge in [0.05, 0.1) is 24.3 Å². The van der Waals surface area contributed by atoms with Crippen molar-refractivity contribution in [1.82, 2.24) is 0 Å². The molecule has 0 amide bonds. The number of hydrogen-bond donors (Lipinski definition) is 0. The molecule has 0 heterocycles. The van der Waals surface area contributed by atoms with Crippen LogP contribution in [0.2, 0.25) is 0 Å². The maximum absolute atomic E-state index is 12.2. The van der Waals surface area contributed by atoms with Gasteiger partial charge in [-0.25, -0.2) is 9.59 Å². The number of unbranched alkanes of at least 4 members (excludes halogenated alkanes) is 2. The summed E-state index contributed by atoms with van der Waals surface area (Å²) in [7, 11) is 0. The molecule has 0 spiro atoms. The van der Waals surface area contributed by atoms with Crippen molar-refractivity contribution < 1.29 is 19.1 Å². The fourth-order valence-electron chi connectivity index (χ4n) is 2.34. The third-order valence-electron chi connectivity index (χ3n) is 4.06. The first-order valence-corrected chi connectivity index (χ1v) is 9.06. The average Bonchev–Trinajstić information content (AvgIpc) is 2.62. The molecular weight excluding hydrogens is 304 g/mol. The van der Waals surface area contributed by atoms with Gasteiger partial charge in [0.25, 0.3) is 0 Å². The second kappa shape index (κ2) is 11.7. The topological polar surface area (TPSA) is 52.6 Å². The van der Waals surface area contributed by atoms with E-state index in [1.54, 1.807) is 24.3 Å². The first-order chi connectivity index (χ1) is 11.6. The van der Waals surface area contributed by atoms with Crippen LogP contribution in [-0.2, 0) is 9.47 Å². The van der Waals surface area contributed by atoms with E-state index in [0.29, 0.717) is 30.3 Å². The van der Waals surface area contributed by atoms with Crippen LogP contribution in [0.4, 0.5) is 0 Å². The molecule has 0 saturated heterocycles. The minimum absolute atomic E-state index is 0.381. The molecule has 0 saturated carbocycles. The van der Waals surface area contributed by atoms with E-state index >= 15 is 0 Å². The van der Waals surface area contributed by atoms with Crippen LogP contribution in [0.25, 0.3) is 0 Å². The second-order valence-corrected chi connectivity index (χ2v) is 6.09. The summed E-state index contributed by atoms with van der Waals surface area (Å²) in [4.78, 5) is 24.2. The zero-order chi connectivity index (χ0) is 17.8. The Morgan fingerprint density at radius 3 is 2.17 bits per heavy atom. The summed E-state index contributed by atoms with van der Waals surface area (Å²) in [5.41, 5.74) is 0.781. The lowest BCUT2D eigenvalue weighted by Gasteiger charge is -2.14. The summed E-state index contributed by atoms with van der Waals surface area (Å²) in [6.45, 7) is 7.14. The fourth-order valence-corrected chi connectivity index (χ4v) is 2.34. The molecule has 4 heteroatoms. The maximum Gasteiger partial charge on any atom is 0.338 e. The van der Waals surface area contributed by atoms with Crippen molar-refractivity contribution in [2.45, 2.75) is 59.3 Å². The van der Waals surface area contributed by atoms with E-state index in [1.165, 1.54) is 0 Å². The molecule has 0 aliphatic heterocycles. The Labute approximate surface area is 145 Å². The Balaban J connectivity index is 2.58. The molecule has 1 rings (SSSR count). The Bertz CT molecular complexity index is 510. The Morgan fingerprint density at radius 1 is 0.958 bits per heavy atom. The summed E-state index contributed by atoms with van der Waals surface area (Å²) in [6.07, 6.45) is 6.17. The van der Waals surface area contributed by atoms with Crippen LogP contribution in [0.1, 0.15) is 80.0 Å². The number of benzene rings is 1. The summed E-state index contributed by atoms with van der Waals surface area (Å²) in [5.74, 6) is -0.378. The van der Waals surface area contributed by atoms with E-state index in [1.807, 2.05) is 6.92 Å². The highest BCUT2D eigenvalue weighted by Crippen LogP contribution is 2.15. The number of ether oxygens (including phenoxy) is 2. The van der Waals surface area contributed by atoms with Gasteiger partial charge in [0.1, 0.15) is 0 Å². The number of hydrogen-bond acceptors (Lipinski definition) is 4. The van der Waals surface area contributed by atoms with E-state index in [4.69, 9.17) is 9.47 Å². The van der Waals surface area contributed by atoms with Crippen molar-refractivity contribution in [2.75, 3.05) is 13.2 Å². The van der Waals surface area contributed by atoms with Crippen LogP contribution in [0, 0.1) is 5.92 Å². The molecule has 24 heavy (non-hydrogen) atoms. The van der Waals surface area contributed by atoms with Gasteiger partial charge in [-0.15, -0.1) is 0 Å². The quantitative estimate of drug-likeness (QED) is 0.421. The van der Waals surface area contributed by atoms with Gasteiger partial charge in [0, 0.05) is 0 Å². The number of esters is 2. The van der Waals surface area contributed by atoms with Gasteiger partial charge in [-0.3, -0.25) is 0 Å². The molecular formula is C20H30O4. The van der Waals surface area contributed by atoms with Gasteiger partial charge >= 0.3 is 11.9 Å². The highest BCUT2D eigenvalue weighted by Gasteiger charge is 2.14. The number of carbonyl (C=O) groups is 2. The van der Waals surface area contributed by atoms with Crippen molar-refractivity contribution in [3.05, 3.63) is 35.4 Å². The molecule has 0 fully saturated rings. The van der Waals surface area contributed by atoms with Gasteiger partial charge in [-0.2, -0.15) is 0 Å². The molecule has 0 aliphatic rings. The average molecular weight is 334 g/mol. The zero-order valence-corrected chi connectivity index (χ0v) is 15.2. The first kappa shape index (κ1) is 20.2. The molecule has 0 unspecified atom stereocenters. The minimum Gasteiger partial charge on any atom is -0.462 e. The van der Waals surface area contributed by atoms with E-state index in [9.17, 15) is 9.59 Å². The molecule has 4 nitrogen and oxygen atoms in total. The van der Waals surface area contributed by atoms with E-state index in [-0.39, 0.29) is 5.97 Å². The van der Waals surface area contributed by atoms with Crippen LogP contribution >= 0.6 is 0 Å². The fraction of sp³-hybridized carbons (Fsp3) is 0.600. The van der Waals surface area contributed by atoms with E-state index in [0.717, 1.165) is 38.5 Å². The van der Waals surface area contributed by atoms with E-state index in [2.05, 4.69) is 13.8 Å². The first-order valence-electron chi connectivity index (χ1n) is 9.06. The zero-order valence-electron chi connectivity index (χ0n) is 15.2. The number of carbonyl (C=O) groups excluding carboxylic acids is 2. The highest BCUT2D eigenvalue weighted by atomic mass is 16.5. The Hall–Kier alpha value is -1.84. The lowest BCUT2D eigenvalue weighted by atomic mass is 10.0. The predicted octanol–water partition coefficient (Wildman–Crippen LogP) is 5.02. The third kappa shape index (κ3) is 7.16. The smallest absolute Gasteiger partial charge is 0.338 e. The van der Waals surface area contributed by atoms with Crippen LogP contribution in [0.5, 0.6) is 0 Å². The predicted molar refractivity (Wildman–Crippen MR) is 95.2 cm³/mol. The van der Waals surface area contributed by atoms with Crippen molar-refractivity contribution in [1.29, 1.82) is 0 Å². The van der Waals surface area contributed by atoms with Crippen molar-refractivity contribution in [3.8, 4) is 0 Å². The highest BCUT2D eigenvalue weighted by molar-refractivity contribution is 5.95. The molecule has 1 atom stereocenters. The third-order valence-corrected chi connectivity index (χ3v) is 4.06. The summed E-state index contributed by atoms with van der Waals surface area (Å²) in [5, 5.41) is 0. The molecule has 0 radical (unpaired) electrons. The van der Waals surface area contributed by atoms with Gasteiger partial charge in [0.15, 0.2) is 0 Å². The van der Waals surface area contributed by atoms with Crippen molar-refractivity contribution >= 4 is 11.9 Å². The summed E-state index contributed by atoms with van der Waals surface area (Å²) >= 11 is 0. The van der Waals surface area contributed by atoms with Crippen LogP contribution in [0.3, 0.4) is 0 Å². The lowest BCUT2D eigenvalue weighted by Crippen LogP contribution is -2.15. The number of rotatable bonds is 11. The molecule has 0 N–H and O–H groups in total. The Kier molecular flexibility index (Phi) is 9.81. The standard InChI is InChI=1S/C20H30O4/c1-4-7-10-16(6-3)15-24-20(22)18-12-9-11-17(14-18)19(21)23-13-8-5-2/h9,11-12,14,16H,4-8,10,13,15H2,1-3H3/t16-/m0/s1. The molecule has 1 aromatic carbocycles. The van der Waals surface area contributed by atoms with Crippen LogP contribution in [0.15, 0.2) is 24.3 Å². The van der Waals surface area contributed by atoms with E-state index < -0.39 is 5.97 Å². The van der Waals surface area contributed by atoms with Crippen LogP contribution < -0.4 is 0 Å². The van der Waals surface area contributed by atoms with Gasteiger partial charge < -0.3 is 9.47 Å². The van der Waals surface area contributed by atoms with Gasteiger partial charge in [0.2, 0.25) is 0 Å². The molecule has 0 aromatic heterocycles. The summed E-state index contributed by atoms with van der Waals surface area (Å²) < 4.78 is 10.6. The van der Waals surface area contributed by atoms with Gasteiger partial charge in [-0.05, 0) is 37.0 Å². The summed E-state index contributed by atoms with van der Waals surface area (Å²) in [6, 6.07) is 6.55. The largest absolute Gasteiger partial charge is 0.462 e. The normalized spacial score (nSPS) is 11.8. The molecule has 1 aromatic rings. The van der Waals surface area contributed by atoms with Crippen molar-refractivity contribution in [3.63, 3.8) is 0 Å². The van der Waals surface area contributed by atoms with Crippen molar-refractivity contribution in [2.24, 2.45) is 5.92 Å². The van der Waals surface area contributed by atoms with Gasteiger partial charge in [-0.1, -0.05) is 52.5 Å². The maximum atomic E-state index is 12.2. The second-order valence-electron chi connectivity index (χ2n) is 6.09. The molecule has 134 valence electrons. The van der Waals surface area contributed by atoms with Crippen LogP contribution in [-0.4, -0.2) is 25.2 Å². The Morgan fingerprint density at radius 2 is 1.58 bits per heavy atom. The lowest BCUT2D eigenvalue weighted by molar-refractivity contribution is 0.0428. The molecule has 0 bridgehead atoms.